The summed E-state index contributed by atoms with van der Waals surface area (Å²) in [5.74, 6) is 0.0711. The highest BCUT2D eigenvalue weighted by atomic mass is 16.1. The molecule has 0 heterocycles. The zero-order valence-electron chi connectivity index (χ0n) is 10.7. The summed E-state index contributed by atoms with van der Waals surface area (Å²) < 4.78 is 0. The predicted octanol–water partition coefficient (Wildman–Crippen LogP) is 3.31. The van der Waals surface area contributed by atoms with Crippen LogP contribution in [0.3, 0.4) is 0 Å². The van der Waals surface area contributed by atoms with Gasteiger partial charge in [-0.15, -0.1) is 0 Å². The van der Waals surface area contributed by atoms with Crippen LogP contribution in [0.1, 0.15) is 27.0 Å². The van der Waals surface area contributed by atoms with Gasteiger partial charge in [0.05, 0.1) is 0 Å². The van der Waals surface area contributed by atoms with Gasteiger partial charge in [0.1, 0.15) is 0 Å². The molecule has 2 aromatic rings. The van der Waals surface area contributed by atoms with Crippen molar-refractivity contribution in [2.24, 2.45) is 0 Å². The second-order valence-corrected chi connectivity index (χ2v) is 4.68. The van der Waals surface area contributed by atoms with E-state index in [0.29, 0.717) is 17.7 Å². The fourth-order valence-corrected chi connectivity index (χ4v) is 2.01. The van der Waals surface area contributed by atoms with E-state index in [4.69, 9.17) is 5.73 Å². The molecule has 0 saturated heterocycles. The third-order valence-corrected chi connectivity index (χ3v) is 2.96. The molecule has 0 radical (unpaired) electrons. The number of rotatable bonds is 3. The first kappa shape index (κ1) is 12.4. The molecule has 0 saturated carbocycles. The maximum atomic E-state index is 12.2. The van der Waals surface area contributed by atoms with E-state index in [0.717, 1.165) is 16.7 Å². The van der Waals surface area contributed by atoms with E-state index in [-0.39, 0.29) is 5.78 Å². The Morgan fingerprint density at radius 1 is 1.06 bits per heavy atom. The molecule has 18 heavy (non-hydrogen) atoms. The molecule has 2 aromatic carbocycles. The molecule has 2 nitrogen and oxygen atoms in total. The number of hydrogen-bond acceptors (Lipinski definition) is 2. The van der Waals surface area contributed by atoms with Crippen LogP contribution in [0.15, 0.2) is 42.5 Å². The molecule has 0 bridgehead atoms. The quantitative estimate of drug-likeness (QED) is 0.659. The number of nitrogen functional groups attached to an aromatic ring is 1. The van der Waals surface area contributed by atoms with Gasteiger partial charge >= 0.3 is 0 Å². The van der Waals surface area contributed by atoms with Crippen LogP contribution >= 0.6 is 0 Å². The zero-order valence-corrected chi connectivity index (χ0v) is 10.7. The second kappa shape index (κ2) is 5.05. The van der Waals surface area contributed by atoms with Crippen molar-refractivity contribution < 1.29 is 4.79 Å². The predicted molar refractivity (Wildman–Crippen MR) is 74.8 cm³/mol. The lowest BCUT2D eigenvalue weighted by molar-refractivity contribution is 0.0994. The van der Waals surface area contributed by atoms with Crippen molar-refractivity contribution in [2.75, 3.05) is 5.73 Å². The van der Waals surface area contributed by atoms with Gasteiger partial charge in [0.25, 0.3) is 0 Å². The van der Waals surface area contributed by atoms with Gasteiger partial charge in [-0.25, -0.2) is 0 Å². The Bertz CT molecular complexity index is 587. The van der Waals surface area contributed by atoms with Crippen LogP contribution in [-0.2, 0) is 6.42 Å². The summed E-state index contributed by atoms with van der Waals surface area (Å²) in [6.07, 6.45) is 0.398. The maximum absolute atomic E-state index is 12.2. The van der Waals surface area contributed by atoms with Gasteiger partial charge in [0, 0.05) is 17.7 Å². The van der Waals surface area contributed by atoms with Gasteiger partial charge in [-0.3, -0.25) is 4.79 Å². The lowest BCUT2D eigenvalue weighted by Gasteiger charge is -2.06. The van der Waals surface area contributed by atoms with E-state index in [1.54, 1.807) is 6.07 Å². The van der Waals surface area contributed by atoms with Crippen LogP contribution in [0.5, 0.6) is 0 Å². The molecule has 0 atom stereocenters. The Balaban J connectivity index is 2.24. The Kier molecular flexibility index (Phi) is 3.47. The number of ketones is 1. The minimum absolute atomic E-state index is 0.0711. The molecule has 2 N–H and O–H groups in total. The van der Waals surface area contributed by atoms with Crippen molar-refractivity contribution in [2.45, 2.75) is 20.3 Å². The summed E-state index contributed by atoms with van der Waals surface area (Å²) in [7, 11) is 0. The monoisotopic (exact) mass is 239 g/mol. The van der Waals surface area contributed by atoms with Crippen LogP contribution in [-0.4, -0.2) is 5.78 Å². The van der Waals surface area contributed by atoms with Crippen molar-refractivity contribution in [1.29, 1.82) is 0 Å². The largest absolute Gasteiger partial charge is 0.398 e. The minimum atomic E-state index is 0.0711. The minimum Gasteiger partial charge on any atom is -0.398 e. The normalized spacial score (nSPS) is 10.3. The summed E-state index contributed by atoms with van der Waals surface area (Å²) in [6.45, 7) is 3.98. The van der Waals surface area contributed by atoms with Gasteiger partial charge in [-0.2, -0.15) is 0 Å². The topological polar surface area (TPSA) is 43.1 Å². The van der Waals surface area contributed by atoms with Gasteiger partial charge < -0.3 is 5.73 Å². The first-order chi connectivity index (χ1) is 8.56. The van der Waals surface area contributed by atoms with E-state index >= 15 is 0 Å². The number of benzene rings is 2. The highest BCUT2D eigenvalue weighted by Gasteiger charge is 2.10. The molecule has 0 unspecified atom stereocenters. The number of hydrogen-bond donors (Lipinski definition) is 1. The van der Waals surface area contributed by atoms with Gasteiger partial charge in [-0.05, 0) is 31.5 Å². The number of carbonyl (C=O) groups excluding carboxylic acids is 1. The second-order valence-electron chi connectivity index (χ2n) is 4.68. The summed E-state index contributed by atoms with van der Waals surface area (Å²) >= 11 is 0. The average molecular weight is 239 g/mol. The molecule has 0 fully saturated rings. The van der Waals surface area contributed by atoms with Crippen LogP contribution in [0.25, 0.3) is 0 Å². The fourth-order valence-electron chi connectivity index (χ4n) is 2.01. The van der Waals surface area contributed by atoms with Gasteiger partial charge in [-0.1, -0.05) is 41.5 Å². The molecule has 0 aliphatic rings. The van der Waals surface area contributed by atoms with Crippen molar-refractivity contribution >= 4 is 11.5 Å². The standard InChI is InChI=1S/C16H17NO/c1-11-4-3-5-13(8-11)10-16(18)14-9-12(2)6-7-15(14)17/h3-9H,10,17H2,1-2H3. The van der Waals surface area contributed by atoms with Crippen LogP contribution in [0.4, 0.5) is 5.69 Å². The van der Waals surface area contributed by atoms with Gasteiger partial charge in [0.2, 0.25) is 0 Å². The van der Waals surface area contributed by atoms with Crippen molar-refractivity contribution in [3.8, 4) is 0 Å². The van der Waals surface area contributed by atoms with Crippen molar-refractivity contribution in [3.05, 3.63) is 64.7 Å². The molecular formula is C16H17NO. The van der Waals surface area contributed by atoms with Crippen molar-refractivity contribution in [1.82, 2.24) is 0 Å². The fraction of sp³-hybridized carbons (Fsp3) is 0.188. The molecular weight excluding hydrogens is 222 g/mol. The average Bonchev–Trinajstić information content (AvgIpc) is 2.32. The summed E-state index contributed by atoms with van der Waals surface area (Å²) in [5, 5.41) is 0. The number of aryl methyl sites for hydroxylation is 2. The number of Topliss-reactive ketones (excluding diaryl/α,β-unsaturated/α-hetero) is 1. The maximum Gasteiger partial charge on any atom is 0.169 e. The molecule has 0 amide bonds. The molecule has 2 heteroatoms. The summed E-state index contributed by atoms with van der Waals surface area (Å²) in [6, 6.07) is 13.6. The molecule has 0 aromatic heterocycles. The zero-order chi connectivity index (χ0) is 13.1. The van der Waals surface area contributed by atoms with E-state index in [9.17, 15) is 4.79 Å². The van der Waals surface area contributed by atoms with Crippen molar-refractivity contribution in [3.63, 3.8) is 0 Å². The SMILES string of the molecule is Cc1cccc(CC(=O)c2cc(C)ccc2N)c1. The Hall–Kier alpha value is -2.09. The molecule has 0 spiro atoms. The Morgan fingerprint density at radius 2 is 1.78 bits per heavy atom. The lowest BCUT2D eigenvalue weighted by atomic mass is 9.99. The smallest absolute Gasteiger partial charge is 0.169 e. The van der Waals surface area contributed by atoms with E-state index in [1.807, 2.05) is 50.2 Å². The summed E-state index contributed by atoms with van der Waals surface area (Å²) in [4.78, 5) is 12.2. The van der Waals surface area contributed by atoms with E-state index < -0.39 is 0 Å². The number of carbonyl (C=O) groups is 1. The molecule has 0 aliphatic carbocycles. The third kappa shape index (κ3) is 2.77. The first-order valence-electron chi connectivity index (χ1n) is 6.01. The van der Waals surface area contributed by atoms with E-state index in [1.165, 1.54) is 0 Å². The summed E-state index contributed by atoms with van der Waals surface area (Å²) in [5.41, 5.74) is 10.3. The van der Waals surface area contributed by atoms with Crippen LogP contribution in [0.2, 0.25) is 0 Å². The lowest BCUT2D eigenvalue weighted by Crippen LogP contribution is -2.07. The van der Waals surface area contributed by atoms with Crippen LogP contribution < -0.4 is 5.73 Å². The van der Waals surface area contributed by atoms with E-state index in [2.05, 4.69) is 0 Å². The molecule has 92 valence electrons. The Labute approximate surface area is 107 Å². The highest BCUT2D eigenvalue weighted by Crippen LogP contribution is 2.17. The number of anilines is 1. The van der Waals surface area contributed by atoms with Gasteiger partial charge in [0.15, 0.2) is 5.78 Å². The van der Waals surface area contributed by atoms with Crippen LogP contribution in [0, 0.1) is 13.8 Å². The molecule has 2 rings (SSSR count). The highest BCUT2D eigenvalue weighted by molar-refractivity contribution is 6.02. The third-order valence-electron chi connectivity index (χ3n) is 2.96. The number of nitrogens with two attached hydrogens (primary N) is 1. The first-order valence-corrected chi connectivity index (χ1v) is 6.01. The molecule has 0 aliphatic heterocycles. The Morgan fingerprint density at radius 3 is 2.50 bits per heavy atom.